The molecular formula is C12H13NO6. The van der Waals surface area contributed by atoms with Gasteiger partial charge in [0, 0.05) is 24.6 Å². The topological polar surface area (TPSA) is 118 Å². The van der Waals surface area contributed by atoms with Gasteiger partial charge in [-0.25, -0.2) is 4.79 Å². The van der Waals surface area contributed by atoms with Crippen LogP contribution in [0.2, 0.25) is 0 Å². The van der Waals surface area contributed by atoms with Crippen LogP contribution in [0, 0.1) is 0 Å². The lowest BCUT2D eigenvalue weighted by Crippen LogP contribution is -2.40. The molecule has 1 heterocycles. The fourth-order valence-electron chi connectivity index (χ4n) is 2.16. The van der Waals surface area contributed by atoms with E-state index in [1.165, 1.54) is 0 Å². The Labute approximate surface area is 108 Å². The van der Waals surface area contributed by atoms with Gasteiger partial charge in [0.1, 0.15) is 17.5 Å². The molecule has 0 bridgehead atoms. The Morgan fingerprint density at radius 1 is 1.16 bits per heavy atom. The van der Waals surface area contributed by atoms with Gasteiger partial charge < -0.3 is 25.3 Å². The molecule has 4 N–H and O–H groups in total. The summed E-state index contributed by atoms with van der Waals surface area (Å²) in [5.41, 5.74) is -0.0298. The average molecular weight is 267 g/mol. The summed E-state index contributed by atoms with van der Waals surface area (Å²) in [6.07, 6.45) is -0.928. The number of aromatic hydroxyl groups is 2. The number of nitrogens with zero attached hydrogens (tertiary/aromatic N) is 1. The van der Waals surface area contributed by atoms with Crippen LogP contribution in [-0.2, 0) is 4.79 Å². The molecule has 1 aromatic carbocycles. The zero-order valence-electron chi connectivity index (χ0n) is 9.85. The molecule has 19 heavy (non-hydrogen) atoms. The third kappa shape index (κ3) is 2.60. The van der Waals surface area contributed by atoms with Crippen molar-refractivity contribution in [2.45, 2.75) is 18.6 Å². The van der Waals surface area contributed by atoms with Gasteiger partial charge in [-0.2, -0.15) is 0 Å². The number of rotatable bonds is 2. The van der Waals surface area contributed by atoms with Gasteiger partial charge >= 0.3 is 5.97 Å². The Morgan fingerprint density at radius 2 is 1.74 bits per heavy atom. The molecule has 1 saturated heterocycles. The number of phenols is 2. The largest absolute Gasteiger partial charge is 0.508 e. The second kappa shape index (κ2) is 4.77. The number of hydrogen-bond donors (Lipinski definition) is 4. The van der Waals surface area contributed by atoms with E-state index in [-0.39, 0.29) is 30.0 Å². The highest BCUT2D eigenvalue weighted by atomic mass is 16.4. The number of aliphatic hydroxyl groups excluding tert-OH is 1. The lowest BCUT2D eigenvalue weighted by Gasteiger charge is -2.21. The Hall–Kier alpha value is -2.28. The first-order valence-electron chi connectivity index (χ1n) is 5.63. The first-order chi connectivity index (χ1) is 8.88. The molecule has 1 unspecified atom stereocenters. The molecule has 102 valence electrons. The molecule has 2 rings (SSSR count). The fraction of sp³-hybridized carbons (Fsp3) is 0.333. The Morgan fingerprint density at radius 3 is 2.26 bits per heavy atom. The predicted molar refractivity (Wildman–Crippen MR) is 62.9 cm³/mol. The molecule has 0 aliphatic carbocycles. The normalized spacial score (nSPS) is 22.5. The summed E-state index contributed by atoms with van der Waals surface area (Å²) in [5.74, 6) is -2.45. The van der Waals surface area contributed by atoms with Crippen molar-refractivity contribution in [2.75, 3.05) is 6.54 Å². The Kier molecular flexibility index (Phi) is 3.30. The number of carbonyl (C=O) groups excluding carboxylic acids is 1. The highest BCUT2D eigenvalue weighted by molar-refractivity contribution is 5.97. The van der Waals surface area contributed by atoms with Crippen LogP contribution in [0.15, 0.2) is 18.2 Å². The van der Waals surface area contributed by atoms with Gasteiger partial charge in [-0.15, -0.1) is 0 Å². The van der Waals surface area contributed by atoms with Gasteiger partial charge in [0.2, 0.25) is 0 Å². The third-order valence-corrected chi connectivity index (χ3v) is 2.97. The smallest absolute Gasteiger partial charge is 0.326 e. The van der Waals surface area contributed by atoms with Crippen molar-refractivity contribution in [3.8, 4) is 11.5 Å². The summed E-state index contributed by atoms with van der Waals surface area (Å²) >= 11 is 0. The molecule has 2 atom stereocenters. The number of β-amino-alcohol motifs (C(OH)–C–C–N with tert-alkyl or cyclic N) is 1. The van der Waals surface area contributed by atoms with E-state index < -0.39 is 24.0 Å². The summed E-state index contributed by atoms with van der Waals surface area (Å²) in [4.78, 5) is 24.2. The SMILES string of the molecule is O=C(O)[C@@H]1CC(O)CN1C(=O)c1cc(O)cc(O)c1. The minimum Gasteiger partial charge on any atom is -0.508 e. The van der Waals surface area contributed by atoms with Gasteiger partial charge in [0.25, 0.3) is 5.91 Å². The molecule has 1 aliphatic rings. The Balaban J connectivity index is 2.30. The highest BCUT2D eigenvalue weighted by Gasteiger charge is 2.39. The van der Waals surface area contributed by atoms with Crippen LogP contribution >= 0.6 is 0 Å². The summed E-state index contributed by atoms with van der Waals surface area (Å²) in [7, 11) is 0. The number of aliphatic carboxylic acids is 1. The minimum absolute atomic E-state index is 0.0298. The zero-order chi connectivity index (χ0) is 14.2. The summed E-state index contributed by atoms with van der Waals surface area (Å²) in [5, 5.41) is 37.1. The summed E-state index contributed by atoms with van der Waals surface area (Å²) in [6.45, 7) is -0.0911. The number of carboxylic acids is 1. The lowest BCUT2D eigenvalue weighted by atomic mass is 10.1. The van der Waals surface area contributed by atoms with E-state index in [1.54, 1.807) is 0 Å². The minimum atomic E-state index is -1.20. The molecule has 0 radical (unpaired) electrons. The van der Waals surface area contributed by atoms with E-state index in [9.17, 15) is 24.9 Å². The van der Waals surface area contributed by atoms with E-state index in [0.717, 1.165) is 23.1 Å². The van der Waals surface area contributed by atoms with Crippen LogP contribution < -0.4 is 0 Å². The van der Waals surface area contributed by atoms with E-state index in [0.29, 0.717) is 0 Å². The molecule has 0 saturated carbocycles. The predicted octanol–water partition coefficient (Wildman–Crippen LogP) is -0.242. The molecule has 7 heteroatoms. The maximum atomic E-state index is 12.1. The summed E-state index contributed by atoms with van der Waals surface area (Å²) < 4.78 is 0. The molecule has 0 aromatic heterocycles. The van der Waals surface area contributed by atoms with E-state index >= 15 is 0 Å². The number of likely N-dealkylation sites (tertiary alicyclic amines) is 1. The highest BCUT2D eigenvalue weighted by Crippen LogP contribution is 2.25. The molecule has 7 nitrogen and oxygen atoms in total. The van der Waals surface area contributed by atoms with Crippen molar-refractivity contribution >= 4 is 11.9 Å². The van der Waals surface area contributed by atoms with Gasteiger partial charge in [-0.1, -0.05) is 0 Å². The standard InChI is InChI=1S/C12H13NO6/c14-7-1-6(2-8(15)3-7)11(17)13-5-9(16)4-10(13)12(18)19/h1-3,9-10,14-16H,4-5H2,(H,18,19)/t9?,10-/m0/s1. The molecule has 0 spiro atoms. The van der Waals surface area contributed by atoms with Crippen molar-refractivity contribution < 1.29 is 30.0 Å². The van der Waals surface area contributed by atoms with E-state index in [4.69, 9.17) is 5.11 Å². The molecule has 1 fully saturated rings. The first-order valence-corrected chi connectivity index (χ1v) is 5.63. The maximum absolute atomic E-state index is 12.1. The van der Waals surface area contributed by atoms with E-state index in [2.05, 4.69) is 0 Å². The van der Waals surface area contributed by atoms with Crippen molar-refractivity contribution in [3.63, 3.8) is 0 Å². The number of aliphatic hydroxyl groups is 1. The van der Waals surface area contributed by atoms with Crippen LogP contribution in [0.5, 0.6) is 11.5 Å². The second-order valence-electron chi connectivity index (χ2n) is 4.44. The van der Waals surface area contributed by atoms with Gasteiger partial charge in [-0.3, -0.25) is 4.79 Å². The van der Waals surface area contributed by atoms with Gasteiger partial charge in [0.05, 0.1) is 6.10 Å². The van der Waals surface area contributed by atoms with Crippen molar-refractivity contribution in [1.82, 2.24) is 4.90 Å². The van der Waals surface area contributed by atoms with Crippen LogP contribution in [-0.4, -0.2) is 55.9 Å². The first kappa shape index (κ1) is 13.2. The second-order valence-corrected chi connectivity index (χ2v) is 4.44. The maximum Gasteiger partial charge on any atom is 0.326 e. The lowest BCUT2D eigenvalue weighted by molar-refractivity contribution is -0.141. The van der Waals surface area contributed by atoms with Crippen molar-refractivity contribution in [3.05, 3.63) is 23.8 Å². The average Bonchev–Trinajstić information content (AvgIpc) is 2.69. The summed E-state index contributed by atoms with van der Waals surface area (Å²) in [6, 6.07) is 2.22. The fourth-order valence-corrected chi connectivity index (χ4v) is 2.16. The van der Waals surface area contributed by atoms with Crippen molar-refractivity contribution in [2.24, 2.45) is 0 Å². The Bertz CT molecular complexity index is 509. The third-order valence-electron chi connectivity index (χ3n) is 2.97. The van der Waals surface area contributed by atoms with Crippen molar-refractivity contribution in [1.29, 1.82) is 0 Å². The molecular weight excluding hydrogens is 254 g/mol. The van der Waals surface area contributed by atoms with E-state index in [1.807, 2.05) is 0 Å². The van der Waals surface area contributed by atoms with Gasteiger partial charge in [-0.05, 0) is 12.1 Å². The number of carbonyl (C=O) groups is 2. The zero-order valence-corrected chi connectivity index (χ0v) is 9.85. The number of benzene rings is 1. The van der Waals surface area contributed by atoms with Crippen LogP contribution in [0.3, 0.4) is 0 Å². The molecule has 1 aromatic rings. The van der Waals surface area contributed by atoms with Crippen LogP contribution in [0.4, 0.5) is 0 Å². The monoisotopic (exact) mass is 267 g/mol. The molecule has 1 amide bonds. The number of phenolic OH excluding ortho intramolecular Hbond substituents is 2. The van der Waals surface area contributed by atoms with Crippen LogP contribution in [0.1, 0.15) is 16.8 Å². The molecule has 1 aliphatic heterocycles. The number of amides is 1. The van der Waals surface area contributed by atoms with Crippen LogP contribution in [0.25, 0.3) is 0 Å². The number of hydrogen-bond acceptors (Lipinski definition) is 5. The van der Waals surface area contributed by atoms with Gasteiger partial charge in [0.15, 0.2) is 0 Å². The number of carboxylic acid groups (broad SMARTS) is 1. The quantitative estimate of drug-likeness (QED) is 0.587.